The van der Waals surface area contributed by atoms with E-state index in [4.69, 9.17) is 0 Å². The number of carbonyl (C=O) groups excluding carboxylic acids is 1. The lowest BCUT2D eigenvalue weighted by Crippen LogP contribution is -2.49. The molecule has 0 bridgehead atoms. The SMILES string of the molecule is Cc1ccc(CNC(=O)CN2CCN(C/C=C/c3ccccc3)CC2)cc1F. The van der Waals surface area contributed by atoms with Crippen LogP contribution in [0.1, 0.15) is 16.7 Å². The summed E-state index contributed by atoms with van der Waals surface area (Å²) in [4.78, 5) is 16.7. The minimum atomic E-state index is -0.232. The summed E-state index contributed by atoms with van der Waals surface area (Å²) in [6.07, 6.45) is 4.34. The number of hydrogen-bond acceptors (Lipinski definition) is 3. The molecule has 0 atom stereocenters. The van der Waals surface area contributed by atoms with E-state index in [9.17, 15) is 9.18 Å². The highest BCUT2D eigenvalue weighted by Gasteiger charge is 2.18. The molecule has 2 aromatic rings. The summed E-state index contributed by atoms with van der Waals surface area (Å²) < 4.78 is 13.6. The summed E-state index contributed by atoms with van der Waals surface area (Å²) in [5.74, 6) is -0.248. The van der Waals surface area contributed by atoms with Gasteiger partial charge in [0.15, 0.2) is 0 Å². The summed E-state index contributed by atoms with van der Waals surface area (Å²) in [5.41, 5.74) is 2.62. The first-order valence-corrected chi connectivity index (χ1v) is 9.78. The van der Waals surface area contributed by atoms with Crippen LogP contribution in [0.5, 0.6) is 0 Å². The lowest BCUT2D eigenvalue weighted by Gasteiger charge is -2.33. The van der Waals surface area contributed by atoms with Gasteiger partial charge in [0.2, 0.25) is 5.91 Å². The molecule has 28 heavy (non-hydrogen) atoms. The second kappa shape index (κ2) is 10.2. The fourth-order valence-corrected chi connectivity index (χ4v) is 3.24. The molecular weight excluding hydrogens is 353 g/mol. The van der Waals surface area contributed by atoms with Crippen LogP contribution in [-0.2, 0) is 11.3 Å². The summed E-state index contributed by atoms with van der Waals surface area (Å²) in [6, 6.07) is 15.4. The number of benzene rings is 2. The first-order valence-electron chi connectivity index (χ1n) is 9.78. The summed E-state index contributed by atoms with van der Waals surface area (Å²) in [7, 11) is 0. The van der Waals surface area contributed by atoms with Crippen LogP contribution in [0.15, 0.2) is 54.6 Å². The van der Waals surface area contributed by atoms with Crippen LogP contribution in [-0.4, -0.2) is 55.0 Å². The second-order valence-corrected chi connectivity index (χ2v) is 7.25. The first kappa shape index (κ1) is 20.2. The van der Waals surface area contributed by atoms with E-state index in [0.717, 1.165) is 38.3 Å². The van der Waals surface area contributed by atoms with Crippen molar-refractivity contribution < 1.29 is 9.18 Å². The van der Waals surface area contributed by atoms with Gasteiger partial charge in [-0.1, -0.05) is 54.6 Å². The minimum absolute atomic E-state index is 0.0154. The van der Waals surface area contributed by atoms with E-state index < -0.39 is 0 Å². The van der Waals surface area contributed by atoms with Crippen LogP contribution < -0.4 is 5.32 Å². The number of rotatable bonds is 7. The van der Waals surface area contributed by atoms with Gasteiger partial charge >= 0.3 is 0 Å². The van der Waals surface area contributed by atoms with Gasteiger partial charge in [-0.05, 0) is 29.7 Å². The van der Waals surface area contributed by atoms with Gasteiger partial charge in [-0.15, -0.1) is 0 Å². The molecule has 1 heterocycles. The van der Waals surface area contributed by atoms with Crippen molar-refractivity contribution in [2.45, 2.75) is 13.5 Å². The average Bonchev–Trinajstić information content (AvgIpc) is 2.71. The Morgan fingerprint density at radius 2 is 1.79 bits per heavy atom. The van der Waals surface area contributed by atoms with Gasteiger partial charge in [0.1, 0.15) is 5.82 Å². The lowest BCUT2D eigenvalue weighted by molar-refractivity contribution is -0.122. The molecule has 1 aliphatic rings. The molecule has 1 aliphatic heterocycles. The maximum absolute atomic E-state index is 13.6. The smallest absolute Gasteiger partial charge is 0.234 e. The molecule has 3 rings (SSSR count). The van der Waals surface area contributed by atoms with Gasteiger partial charge < -0.3 is 5.32 Å². The zero-order chi connectivity index (χ0) is 19.8. The van der Waals surface area contributed by atoms with E-state index in [1.165, 1.54) is 11.6 Å². The molecular formula is C23H28FN3O. The molecule has 1 N–H and O–H groups in total. The average molecular weight is 381 g/mol. The van der Waals surface area contributed by atoms with Crippen LogP contribution in [0.2, 0.25) is 0 Å². The molecule has 0 aromatic heterocycles. The van der Waals surface area contributed by atoms with Gasteiger partial charge in [-0.3, -0.25) is 14.6 Å². The van der Waals surface area contributed by atoms with Crippen molar-refractivity contribution in [3.63, 3.8) is 0 Å². The Balaban J connectivity index is 1.35. The highest BCUT2D eigenvalue weighted by atomic mass is 19.1. The molecule has 0 saturated carbocycles. The van der Waals surface area contributed by atoms with Crippen molar-refractivity contribution in [2.24, 2.45) is 0 Å². The van der Waals surface area contributed by atoms with Crippen molar-refractivity contribution in [3.05, 3.63) is 77.1 Å². The molecule has 1 saturated heterocycles. The highest BCUT2D eigenvalue weighted by Crippen LogP contribution is 2.09. The standard InChI is InChI=1S/C23H28FN3O/c1-19-9-10-21(16-22(19)24)17-25-23(28)18-27-14-12-26(13-15-27)11-5-8-20-6-3-2-4-7-20/h2-10,16H,11-15,17-18H2,1H3,(H,25,28)/b8-5+. The number of nitrogens with one attached hydrogen (secondary N) is 1. The predicted octanol–water partition coefficient (Wildman–Crippen LogP) is 3.08. The highest BCUT2D eigenvalue weighted by molar-refractivity contribution is 5.78. The Labute approximate surface area is 166 Å². The van der Waals surface area contributed by atoms with Gasteiger partial charge in [0.25, 0.3) is 0 Å². The van der Waals surface area contributed by atoms with E-state index in [1.54, 1.807) is 13.0 Å². The number of nitrogens with zero attached hydrogens (tertiary/aromatic N) is 2. The maximum Gasteiger partial charge on any atom is 0.234 e. The normalized spacial score (nSPS) is 15.8. The lowest BCUT2D eigenvalue weighted by atomic mass is 10.1. The fraction of sp³-hybridized carbons (Fsp3) is 0.348. The number of carbonyl (C=O) groups is 1. The van der Waals surface area contributed by atoms with E-state index >= 15 is 0 Å². The molecule has 0 radical (unpaired) electrons. The van der Waals surface area contributed by atoms with Gasteiger partial charge in [0, 0.05) is 39.3 Å². The molecule has 0 aliphatic carbocycles. The molecule has 148 valence electrons. The molecule has 5 heteroatoms. The Morgan fingerprint density at radius 3 is 2.50 bits per heavy atom. The van der Waals surface area contributed by atoms with Gasteiger partial charge in [-0.25, -0.2) is 4.39 Å². The molecule has 4 nitrogen and oxygen atoms in total. The maximum atomic E-state index is 13.6. The van der Waals surface area contributed by atoms with Crippen molar-refractivity contribution >= 4 is 12.0 Å². The predicted molar refractivity (Wildman–Crippen MR) is 111 cm³/mol. The van der Waals surface area contributed by atoms with Crippen LogP contribution in [0.25, 0.3) is 6.08 Å². The van der Waals surface area contributed by atoms with E-state index in [-0.39, 0.29) is 11.7 Å². The van der Waals surface area contributed by atoms with Crippen molar-refractivity contribution in [3.8, 4) is 0 Å². The molecule has 0 unspecified atom stereocenters. The second-order valence-electron chi connectivity index (χ2n) is 7.25. The molecule has 0 spiro atoms. The van der Waals surface area contributed by atoms with Gasteiger partial charge in [0.05, 0.1) is 6.54 Å². The minimum Gasteiger partial charge on any atom is -0.351 e. The molecule has 1 amide bonds. The fourth-order valence-electron chi connectivity index (χ4n) is 3.24. The number of aryl methyl sites for hydroxylation is 1. The number of piperazine rings is 1. The third-order valence-corrected chi connectivity index (χ3v) is 5.03. The van der Waals surface area contributed by atoms with E-state index in [0.29, 0.717) is 18.7 Å². The number of halogens is 1. The quantitative estimate of drug-likeness (QED) is 0.801. The Kier molecular flexibility index (Phi) is 7.34. The largest absolute Gasteiger partial charge is 0.351 e. The van der Waals surface area contributed by atoms with Crippen LogP contribution in [0.3, 0.4) is 0 Å². The summed E-state index contributed by atoms with van der Waals surface area (Å²) in [5, 5.41) is 2.88. The first-order chi connectivity index (χ1) is 13.6. The molecule has 2 aromatic carbocycles. The number of hydrogen-bond donors (Lipinski definition) is 1. The topological polar surface area (TPSA) is 35.6 Å². The van der Waals surface area contributed by atoms with E-state index in [2.05, 4.69) is 39.4 Å². The zero-order valence-electron chi connectivity index (χ0n) is 16.4. The zero-order valence-corrected chi connectivity index (χ0v) is 16.4. The summed E-state index contributed by atoms with van der Waals surface area (Å²) >= 11 is 0. The Bertz CT molecular complexity index is 799. The molecule has 1 fully saturated rings. The van der Waals surface area contributed by atoms with Crippen molar-refractivity contribution in [2.75, 3.05) is 39.3 Å². The van der Waals surface area contributed by atoms with Crippen LogP contribution >= 0.6 is 0 Å². The third-order valence-electron chi connectivity index (χ3n) is 5.03. The van der Waals surface area contributed by atoms with Crippen LogP contribution in [0.4, 0.5) is 4.39 Å². The van der Waals surface area contributed by atoms with Crippen molar-refractivity contribution in [1.29, 1.82) is 0 Å². The van der Waals surface area contributed by atoms with Crippen molar-refractivity contribution in [1.82, 2.24) is 15.1 Å². The number of amides is 1. The third kappa shape index (κ3) is 6.29. The Morgan fingerprint density at radius 1 is 1.07 bits per heavy atom. The Hall–Kier alpha value is -2.50. The van der Waals surface area contributed by atoms with E-state index in [1.807, 2.05) is 24.3 Å². The monoisotopic (exact) mass is 381 g/mol. The van der Waals surface area contributed by atoms with Gasteiger partial charge in [-0.2, -0.15) is 0 Å². The summed E-state index contributed by atoms with van der Waals surface area (Å²) in [6.45, 7) is 7.08. The van der Waals surface area contributed by atoms with Crippen LogP contribution in [0, 0.1) is 12.7 Å².